The largest absolute Gasteiger partial charge is 0.497 e. The van der Waals surface area contributed by atoms with Crippen molar-refractivity contribution in [2.45, 2.75) is 12.8 Å². The lowest BCUT2D eigenvalue weighted by Gasteiger charge is -2.23. The van der Waals surface area contributed by atoms with Crippen LogP contribution < -0.4 is 4.74 Å². The first-order valence-electron chi connectivity index (χ1n) is 7.18. The van der Waals surface area contributed by atoms with Crippen molar-refractivity contribution in [2.75, 3.05) is 21.3 Å². The van der Waals surface area contributed by atoms with Crippen LogP contribution in [0.4, 0.5) is 0 Å². The van der Waals surface area contributed by atoms with Gasteiger partial charge in [-0.3, -0.25) is 9.59 Å². The van der Waals surface area contributed by atoms with E-state index in [0.717, 1.165) is 22.5 Å². The molecule has 0 amide bonds. The molecule has 0 saturated carbocycles. The summed E-state index contributed by atoms with van der Waals surface area (Å²) >= 11 is 0. The minimum atomic E-state index is -1.31. The molecule has 1 aliphatic rings. The maximum absolute atomic E-state index is 12.1. The van der Waals surface area contributed by atoms with Crippen molar-refractivity contribution in [1.29, 1.82) is 0 Å². The zero-order valence-corrected chi connectivity index (χ0v) is 13.5. The molecule has 0 aliphatic heterocycles. The lowest BCUT2D eigenvalue weighted by molar-refractivity contribution is -0.168. The minimum absolute atomic E-state index is 0.219. The second-order valence-corrected chi connectivity index (χ2v) is 5.38. The van der Waals surface area contributed by atoms with Gasteiger partial charge >= 0.3 is 11.9 Å². The predicted octanol–water partition coefficient (Wildman–Crippen LogP) is 2.76. The molecule has 0 unspecified atom stereocenters. The first kappa shape index (κ1) is 16.8. The van der Waals surface area contributed by atoms with Gasteiger partial charge in [0, 0.05) is 0 Å². The molecule has 0 fully saturated rings. The number of allylic oxidation sites excluding steroid dienone is 3. The lowest BCUT2D eigenvalue weighted by atomic mass is 9.83. The molecule has 0 spiro atoms. The first-order valence-corrected chi connectivity index (χ1v) is 7.18. The summed E-state index contributed by atoms with van der Waals surface area (Å²) in [4.78, 5) is 24.2. The molecule has 0 N–H and O–H groups in total. The van der Waals surface area contributed by atoms with Crippen LogP contribution in [-0.2, 0) is 19.1 Å². The Labute approximate surface area is 135 Å². The Hall–Kier alpha value is -2.56. The highest BCUT2D eigenvalue weighted by atomic mass is 16.5. The van der Waals surface area contributed by atoms with Crippen molar-refractivity contribution >= 4 is 17.5 Å². The fourth-order valence-corrected chi connectivity index (χ4v) is 2.76. The van der Waals surface area contributed by atoms with E-state index in [1.54, 1.807) is 7.11 Å². The van der Waals surface area contributed by atoms with E-state index in [1.165, 1.54) is 14.2 Å². The maximum Gasteiger partial charge on any atom is 0.323 e. The SMILES string of the molecule is C=C(C1=CCC(C(=O)OC)(C(=O)OC)C1)c1ccc(OC)cc1. The predicted molar refractivity (Wildman–Crippen MR) is 85.8 cm³/mol. The number of ether oxygens (including phenoxy) is 3. The van der Waals surface area contributed by atoms with Crippen molar-refractivity contribution in [2.24, 2.45) is 5.41 Å². The molecule has 23 heavy (non-hydrogen) atoms. The molecule has 0 aromatic heterocycles. The first-order chi connectivity index (χ1) is 11.0. The summed E-state index contributed by atoms with van der Waals surface area (Å²) in [6.45, 7) is 4.08. The van der Waals surface area contributed by atoms with Crippen molar-refractivity contribution < 1.29 is 23.8 Å². The average Bonchev–Trinajstić information content (AvgIpc) is 3.06. The topological polar surface area (TPSA) is 61.8 Å². The summed E-state index contributed by atoms with van der Waals surface area (Å²) in [5.41, 5.74) is 1.20. The average molecular weight is 316 g/mol. The number of carbonyl (C=O) groups is 2. The highest BCUT2D eigenvalue weighted by Crippen LogP contribution is 2.44. The van der Waals surface area contributed by atoms with E-state index in [1.807, 2.05) is 30.3 Å². The van der Waals surface area contributed by atoms with E-state index in [2.05, 4.69) is 6.58 Å². The number of rotatable bonds is 5. The molecule has 0 heterocycles. The molecule has 5 heteroatoms. The van der Waals surface area contributed by atoms with Gasteiger partial charge in [-0.1, -0.05) is 24.8 Å². The molecule has 5 nitrogen and oxygen atoms in total. The summed E-state index contributed by atoms with van der Waals surface area (Å²) in [7, 11) is 4.14. The Balaban J connectivity index is 2.23. The number of carbonyl (C=O) groups excluding carboxylic acids is 2. The van der Waals surface area contributed by atoms with E-state index in [-0.39, 0.29) is 12.8 Å². The van der Waals surface area contributed by atoms with Gasteiger partial charge in [-0.2, -0.15) is 0 Å². The van der Waals surface area contributed by atoms with Crippen LogP contribution in [0, 0.1) is 5.41 Å². The van der Waals surface area contributed by atoms with Crippen molar-refractivity contribution in [1.82, 2.24) is 0 Å². The van der Waals surface area contributed by atoms with Crippen LogP contribution in [0.2, 0.25) is 0 Å². The Kier molecular flexibility index (Phi) is 4.89. The second kappa shape index (κ2) is 6.69. The van der Waals surface area contributed by atoms with Crippen LogP contribution in [-0.4, -0.2) is 33.3 Å². The van der Waals surface area contributed by atoms with Gasteiger partial charge in [-0.15, -0.1) is 0 Å². The minimum Gasteiger partial charge on any atom is -0.497 e. The normalized spacial score (nSPS) is 15.5. The molecule has 122 valence electrons. The van der Waals surface area contributed by atoms with Gasteiger partial charge in [0.25, 0.3) is 0 Å². The molecule has 0 bridgehead atoms. The summed E-state index contributed by atoms with van der Waals surface area (Å²) in [6, 6.07) is 7.45. The monoisotopic (exact) mass is 316 g/mol. The third-order valence-corrected chi connectivity index (χ3v) is 4.17. The number of hydrogen-bond donors (Lipinski definition) is 0. The molecular weight excluding hydrogens is 296 g/mol. The fraction of sp³-hybridized carbons (Fsp3) is 0.333. The zero-order valence-electron chi connectivity index (χ0n) is 13.5. The van der Waals surface area contributed by atoms with E-state index in [4.69, 9.17) is 14.2 Å². The van der Waals surface area contributed by atoms with Gasteiger partial charge in [0.2, 0.25) is 0 Å². The highest BCUT2D eigenvalue weighted by Gasteiger charge is 2.51. The third-order valence-electron chi connectivity index (χ3n) is 4.17. The van der Waals surface area contributed by atoms with E-state index in [9.17, 15) is 9.59 Å². The summed E-state index contributed by atoms with van der Waals surface area (Å²) in [5.74, 6) is -0.420. The quantitative estimate of drug-likeness (QED) is 0.617. The van der Waals surface area contributed by atoms with E-state index < -0.39 is 17.4 Å². The number of hydrogen-bond acceptors (Lipinski definition) is 5. The van der Waals surface area contributed by atoms with Crippen molar-refractivity contribution in [3.63, 3.8) is 0 Å². The van der Waals surface area contributed by atoms with Crippen molar-refractivity contribution in [3.8, 4) is 5.75 Å². The Morgan fingerprint density at radius 1 is 1.04 bits per heavy atom. The molecule has 0 saturated heterocycles. The molecule has 0 radical (unpaired) electrons. The fourth-order valence-electron chi connectivity index (χ4n) is 2.76. The highest BCUT2D eigenvalue weighted by molar-refractivity contribution is 6.02. The summed E-state index contributed by atoms with van der Waals surface area (Å²) in [5, 5.41) is 0. The summed E-state index contributed by atoms with van der Waals surface area (Å²) < 4.78 is 14.7. The lowest BCUT2D eigenvalue weighted by Crippen LogP contribution is -2.39. The van der Waals surface area contributed by atoms with Crippen LogP contribution in [0.25, 0.3) is 5.57 Å². The van der Waals surface area contributed by atoms with Crippen LogP contribution in [0.5, 0.6) is 5.75 Å². The molecule has 1 aliphatic carbocycles. The second-order valence-electron chi connectivity index (χ2n) is 5.38. The van der Waals surface area contributed by atoms with Crippen LogP contribution in [0.3, 0.4) is 0 Å². The molecule has 1 aromatic rings. The molecule has 1 aromatic carbocycles. The van der Waals surface area contributed by atoms with Gasteiger partial charge < -0.3 is 14.2 Å². The number of esters is 2. The van der Waals surface area contributed by atoms with Gasteiger partial charge in [0.15, 0.2) is 5.41 Å². The molecule has 0 atom stereocenters. The van der Waals surface area contributed by atoms with Crippen molar-refractivity contribution in [3.05, 3.63) is 48.1 Å². The zero-order chi connectivity index (χ0) is 17.0. The molecule has 2 rings (SSSR count). The smallest absolute Gasteiger partial charge is 0.323 e. The van der Waals surface area contributed by atoms with Gasteiger partial charge in [0.1, 0.15) is 5.75 Å². The number of methoxy groups -OCH3 is 3. The third kappa shape index (κ3) is 2.99. The Morgan fingerprint density at radius 2 is 1.61 bits per heavy atom. The van der Waals surface area contributed by atoms with Crippen LogP contribution >= 0.6 is 0 Å². The van der Waals surface area contributed by atoms with E-state index in [0.29, 0.717) is 0 Å². The van der Waals surface area contributed by atoms with Crippen LogP contribution in [0.15, 0.2) is 42.5 Å². The van der Waals surface area contributed by atoms with Crippen LogP contribution in [0.1, 0.15) is 18.4 Å². The molecular formula is C18H20O5. The maximum atomic E-state index is 12.1. The van der Waals surface area contributed by atoms with E-state index >= 15 is 0 Å². The van der Waals surface area contributed by atoms with Gasteiger partial charge in [-0.25, -0.2) is 0 Å². The standard InChI is InChI=1S/C18H20O5/c1-12(13-5-7-15(21-2)8-6-13)14-9-10-18(11-14,16(19)22-3)17(20)23-4/h5-9H,1,10-11H2,2-4H3. The Morgan fingerprint density at radius 3 is 2.09 bits per heavy atom. The van der Waals surface area contributed by atoms with Gasteiger partial charge in [-0.05, 0) is 41.7 Å². The van der Waals surface area contributed by atoms with Gasteiger partial charge in [0.05, 0.1) is 21.3 Å². The summed E-state index contributed by atoms with van der Waals surface area (Å²) in [6.07, 6.45) is 2.31. The Bertz CT molecular complexity index is 638. The number of benzene rings is 1.